The van der Waals surface area contributed by atoms with Crippen LogP contribution in [0.5, 0.6) is 5.75 Å². The van der Waals surface area contributed by atoms with E-state index in [1.165, 1.54) is 28.7 Å². The minimum absolute atomic E-state index is 0.0971. The molecule has 0 unspecified atom stereocenters. The first-order chi connectivity index (χ1) is 17.0. The standard InChI is InChI=1S/C22H17F3N4O6S/c23-22(24,25)12-3-1-11(2-4-12)7-29-14-9-28(20(34)15-5-26-10-36-15)8-13(14)18(32)17(21(29)35)19(33)27-6-16(30)31/h1-5,10,32H,6-9H2,(H,27,33)(H,30,31). The number of hydrogen-bond acceptors (Lipinski definition) is 7. The molecule has 1 aliphatic rings. The molecule has 14 heteroatoms. The molecule has 0 saturated heterocycles. The Bertz CT molecular complexity index is 1400. The molecule has 0 radical (unpaired) electrons. The summed E-state index contributed by atoms with van der Waals surface area (Å²) in [6, 6.07) is 4.05. The Morgan fingerprint density at radius 1 is 1.14 bits per heavy atom. The quantitative estimate of drug-likeness (QED) is 0.450. The van der Waals surface area contributed by atoms with Gasteiger partial charge in [-0.2, -0.15) is 13.2 Å². The number of aromatic hydroxyl groups is 1. The zero-order valence-corrected chi connectivity index (χ0v) is 19.0. The molecule has 1 aromatic carbocycles. The first-order valence-corrected chi connectivity index (χ1v) is 11.2. The lowest BCUT2D eigenvalue weighted by atomic mass is 10.1. The molecule has 36 heavy (non-hydrogen) atoms. The van der Waals surface area contributed by atoms with Crippen LogP contribution in [0.1, 0.15) is 42.4 Å². The van der Waals surface area contributed by atoms with Gasteiger partial charge in [0.1, 0.15) is 22.7 Å². The van der Waals surface area contributed by atoms with Crippen molar-refractivity contribution in [2.75, 3.05) is 6.54 Å². The van der Waals surface area contributed by atoms with Crippen LogP contribution in [0.2, 0.25) is 0 Å². The summed E-state index contributed by atoms with van der Waals surface area (Å²) in [4.78, 5) is 55.0. The van der Waals surface area contributed by atoms with E-state index in [1.807, 2.05) is 5.32 Å². The SMILES string of the molecule is O=C(O)CNC(=O)c1c(O)c2c(n(Cc3ccc(C(F)(F)F)cc3)c1=O)CN(C(=O)c1cncs1)C2. The van der Waals surface area contributed by atoms with Crippen LogP contribution in [-0.2, 0) is 30.6 Å². The van der Waals surface area contributed by atoms with Gasteiger partial charge in [0.15, 0.2) is 0 Å². The van der Waals surface area contributed by atoms with Crippen molar-refractivity contribution in [2.45, 2.75) is 25.8 Å². The number of halogens is 3. The van der Waals surface area contributed by atoms with Crippen molar-refractivity contribution in [3.63, 3.8) is 0 Å². The van der Waals surface area contributed by atoms with Crippen LogP contribution >= 0.6 is 11.3 Å². The molecule has 188 valence electrons. The molecule has 3 heterocycles. The van der Waals surface area contributed by atoms with Gasteiger partial charge in [-0.05, 0) is 17.7 Å². The first-order valence-electron chi connectivity index (χ1n) is 10.3. The van der Waals surface area contributed by atoms with Crippen LogP contribution in [0.25, 0.3) is 0 Å². The highest BCUT2D eigenvalue weighted by Crippen LogP contribution is 2.33. The number of benzene rings is 1. The molecule has 0 fully saturated rings. The molecule has 0 aliphatic carbocycles. The number of nitrogens with one attached hydrogen (secondary N) is 1. The summed E-state index contributed by atoms with van der Waals surface area (Å²) in [5.41, 5.74) is -0.550. The molecular weight excluding hydrogens is 505 g/mol. The van der Waals surface area contributed by atoms with E-state index < -0.39 is 52.9 Å². The maximum absolute atomic E-state index is 13.3. The molecule has 3 N–H and O–H groups in total. The van der Waals surface area contributed by atoms with E-state index >= 15 is 0 Å². The number of nitrogens with zero attached hydrogens (tertiary/aromatic N) is 3. The summed E-state index contributed by atoms with van der Waals surface area (Å²) in [6.45, 7) is -1.36. The third kappa shape index (κ3) is 4.79. The third-order valence-corrected chi connectivity index (χ3v) is 6.29. The summed E-state index contributed by atoms with van der Waals surface area (Å²) in [5, 5.41) is 21.6. The lowest BCUT2D eigenvalue weighted by Crippen LogP contribution is -2.37. The summed E-state index contributed by atoms with van der Waals surface area (Å²) >= 11 is 1.09. The highest BCUT2D eigenvalue weighted by molar-refractivity contribution is 7.11. The van der Waals surface area contributed by atoms with Crippen molar-refractivity contribution in [1.82, 2.24) is 19.8 Å². The Balaban J connectivity index is 1.77. The normalized spacial score (nSPS) is 12.9. The van der Waals surface area contributed by atoms with Gasteiger partial charge >= 0.3 is 12.1 Å². The molecular formula is C22H17F3N4O6S. The van der Waals surface area contributed by atoms with E-state index in [0.717, 1.165) is 28.0 Å². The number of aromatic nitrogens is 2. The Morgan fingerprint density at radius 3 is 2.42 bits per heavy atom. The van der Waals surface area contributed by atoms with E-state index in [0.29, 0.717) is 10.4 Å². The molecule has 0 spiro atoms. The minimum Gasteiger partial charge on any atom is -0.506 e. The maximum atomic E-state index is 13.3. The van der Waals surface area contributed by atoms with Gasteiger partial charge in [0, 0.05) is 11.3 Å². The van der Waals surface area contributed by atoms with Crippen LogP contribution in [0.15, 0.2) is 40.8 Å². The van der Waals surface area contributed by atoms with Crippen molar-refractivity contribution in [3.8, 4) is 5.75 Å². The van der Waals surface area contributed by atoms with Gasteiger partial charge in [-0.25, -0.2) is 0 Å². The highest BCUT2D eigenvalue weighted by atomic mass is 32.1. The largest absolute Gasteiger partial charge is 0.506 e. The fraction of sp³-hybridized carbons (Fsp3) is 0.227. The fourth-order valence-corrected chi connectivity index (χ4v) is 4.39. The molecule has 0 atom stereocenters. The monoisotopic (exact) mass is 522 g/mol. The fourth-order valence-electron chi connectivity index (χ4n) is 3.80. The van der Waals surface area contributed by atoms with Crippen LogP contribution < -0.4 is 10.9 Å². The van der Waals surface area contributed by atoms with Crippen LogP contribution in [0, 0.1) is 0 Å². The number of pyridine rings is 1. The minimum atomic E-state index is -4.55. The topological polar surface area (TPSA) is 142 Å². The maximum Gasteiger partial charge on any atom is 0.416 e. The van der Waals surface area contributed by atoms with E-state index in [4.69, 9.17) is 5.11 Å². The van der Waals surface area contributed by atoms with E-state index in [2.05, 4.69) is 4.98 Å². The van der Waals surface area contributed by atoms with Gasteiger partial charge < -0.3 is 25.0 Å². The zero-order chi connectivity index (χ0) is 26.2. The van der Waals surface area contributed by atoms with Gasteiger partial charge in [-0.1, -0.05) is 12.1 Å². The number of carboxylic acid groups (broad SMARTS) is 1. The van der Waals surface area contributed by atoms with Gasteiger partial charge in [-0.15, -0.1) is 11.3 Å². The number of hydrogen-bond donors (Lipinski definition) is 3. The molecule has 2 aromatic heterocycles. The number of carbonyl (C=O) groups is 3. The zero-order valence-electron chi connectivity index (χ0n) is 18.2. The summed E-state index contributed by atoms with van der Waals surface area (Å²) in [7, 11) is 0. The van der Waals surface area contributed by atoms with Crippen LogP contribution in [0.4, 0.5) is 13.2 Å². The Kier molecular flexibility index (Phi) is 6.54. The van der Waals surface area contributed by atoms with Gasteiger partial charge in [-0.3, -0.25) is 24.2 Å². The number of carboxylic acids is 1. The average Bonchev–Trinajstić information content (AvgIpc) is 3.50. The Morgan fingerprint density at radius 2 is 1.83 bits per heavy atom. The van der Waals surface area contributed by atoms with Crippen molar-refractivity contribution in [3.05, 3.63) is 79.2 Å². The lowest BCUT2D eigenvalue weighted by Gasteiger charge is -2.16. The molecule has 3 aromatic rings. The predicted octanol–water partition coefficient (Wildman–Crippen LogP) is 2.05. The van der Waals surface area contributed by atoms with Crippen molar-refractivity contribution < 1.29 is 37.8 Å². The van der Waals surface area contributed by atoms with Gasteiger partial charge in [0.2, 0.25) is 0 Å². The summed E-state index contributed by atoms with van der Waals surface area (Å²) < 4.78 is 39.9. The second-order valence-electron chi connectivity index (χ2n) is 7.84. The van der Waals surface area contributed by atoms with Crippen LogP contribution in [0.3, 0.4) is 0 Å². The van der Waals surface area contributed by atoms with Gasteiger partial charge in [0.25, 0.3) is 17.4 Å². The average molecular weight is 522 g/mol. The molecule has 4 rings (SSSR count). The number of fused-ring (bicyclic) bond motifs is 1. The molecule has 10 nitrogen and oxygen atoms in total. The second-order valence-corrected chi connectivity index (χ2v) is 8.72. The number of alkyl halides is 3. The summed E-state index contributed by atoms with van der Waals surface area (Å²) in [5.74, 6) is -3.65. The second kappa shape index (κ2) is 9.45. The highest BCUT2D eigenvalue weighted by Gasteiger charge is 2.34. The smallest absolute Gasteiger partial charge is 0.416 e. The Hall–Kier alpha value is -4.20. The van der Waals surface area contributed by atoms with E-state index in [9.17, 15) is 37.5 Å². The van der Waals surface area contributed by atoms with Crippen molar-refractivity contribution in [1.29, 1.82) is 0 Å². The lowest BCUT2D eigenvalue weighted by molar-refractivity contribution is -0.138. The van der Waals surface area contributed by atoms with E-state index in [-0.39, 0.29) is 30.9 Å². The molecule has 2 amide bonds. The number of carbonyl (C=O) groups excluding carboxylic acids is 2. The first kappa shape index (κ1) is 24.9. The predicted molar refractivity (Wildman–Crippen MR) is 119 cm³/mol. The number of amides is 2. The summed E-state index contributed by atoms with van der Waals surface area (Å²) in [6.07, 6.45) is -3.20. The number of thiazole rings is 1. The number of aliphatic carboxylic acids is 1. The van der Waals surface area contributed by atoms with E-state index in [1.54, 1.807) is 0 Å². The molecule has 0 saturated carbocycles. The molecule has 0 bridgehead atoms. The van der Waals surface area contributed by atoms with Crippen molar-refractivity contribution in [2.24, 2.45) is 0 Å². The third-order valence-electron chi connectivity index (χ3n) is 5.52. The molecule has 1 aliphatic heterocycles. The van der Waals surface area contributed by atoms with Gasteiger partial charge in [0.05, 0.1) is 36.9 Å². The Labute approximate surface area is 204 Å². The van der Waals surface area contributed by atoms with Crippen molar-refractivity contribution >= 4 is 29.1 Å². The number of rotatable bonds is 6. The van der Waals surface area contributed by atoms with Crippen LogP contribution in [-0.4, -0.2) is 49.0 Å².